The summed E-state index contributed by atoms with van der Waals surface area (Å²) < 4.78 is 0. The summed E-state index contributed by atoms with van der Waals surface area (Å²) in [5, 5.41) is 10.1. The Morgan fingerprint density at radius 1 is 1.40 bits per heavy atom. The van der Waals surface area contributed by atoms with Crippen LogP contribution in [-0.4, -0.2) is 11.2 Å². The zero-order valence-corrected chi connectivity index (χ0v) is 10.5. The van der Waals surface area contributed by atoms with E-state index in [9.17, 15) is 5.11 Å². The monoisotopic (exact) mass is 208 g/mol. The van der Waals surface area contributed by atoms with E-state index in [0.717, 1.165) is 12.3 Å². The molecule has 0 aliphatic heterocycles. The van der Waals surface area contributed by atoms with Crippen LogP contribution >= 0.6 is 0 Å². The zero-order chi connectivity index (χ0) is 11.4. The molecule has 0 spiro atoms. The minimum Gasteiger partial charge on any atom is -0.388 e. The molecule has 0 aromatic rings. The van der Waals surface area contributed by atoms with Gasteiger partial charge < -0.3 is 5.11 Å². The maximum Gasteiger partial charge on any atom is 0.0815 e. The molecule has 1 N–H and O–H groups in total. The predicted octanol–water partition coefficient (Wildman–Crippen LogP) is 3.70. The summed E-state index contributed by atoms with van der Waals surface area (Å²) in [6.07, 6.45) is 7.49. The highest BCUT2D eigenvalue weighted by atomic mass is 16.3. The fraction of sp³-hybridized carbons (Fsp3) is 0.714. The molecule has 1 aliphatic rings. The van der Waals surface area contributed by atoms with E-state index in [1.807, 2.05) is 0 Å². The topological polar surface area (TPSA) is 20.2 Å². The van der Waals surface area contributed by atoms with E-state index in [0.29, 0.717) is 5.92 Å². The van der Waals surface area contributed by atoms with Gasteiger partial charge in [-0.05, 0) is 31.3 Å². The lowest BCUT2D eigenvalue weighted by Crippen LogP contribution is -2.23. The van der Waals surface area contributed by atoms with Crippen molar-refractivity contribution in [3.05, 3.63) is 23.3 Å². The number of aliphatic hydroxyl groups excluding tert-OH is 1. The first-order valence-corrected chi connectivity index (χ1v) is 6.11. The first-order chi connectivity index (χ1) is 7.06. The quantitative estimate of drug-likeness (QED) is 0.747. The van der Waals surface area contributed by atoms with Crippen LogP contribution in [-0.2, 0) is 0 Å². The average molecular weight is 208 g/mol. The Morgan fingerprint density at radius 2 is 2.07 bits per heavy atom. The van der Waals surface area contributed by atoms with Gasteiger partial charge in [-0.2, -0.15) is 0 Å². The van der Waals surface area contributed by atoms with E-state index in [1.165, 1.54) is 24.0 Å². The van der Waals surface area contributed by atoms with Crippen LogP contribution in [0.15, 0.2) is 23.3 Å². The molecule has 3 atom stereocenters. The fourth-order valence-electron chi connectivity index (χ4n) is 1.91. The lowest BCUT2D eigenvalue weighted by molar-refractivity contribution is 0.160. The second-order valence-electron chi connectivity index (χ2n) is 4.94. The minimum atomic E-state index is -0.251. The zero-order valence-electron chi connectivity index (χ0n) is 10.5. The van der Waals surface area contributed by atoms with Crippen LogP contribution in [0.1, 0.15) is 47.0 Å². The molecular formula is C14H24O. The van der Waals surface area contributed by atoms with Crippen LogP contribution in [0.3, 0.4) is 0 Å². The van der Waals surface area contributed by atoms with Gasteiger partial charge in [-0.3, -0.25) is 0 Å². The van der Waals surface area contributed by atoms with Crippen LogP contribution in [0.25, 0.3) is 0 Å². The summed E-state index contributed by atoms with van der Waals surface area (Å²) in [7, 11) is 0. The van der Waals surface area contributed by atoms with Gasteiger partial charge in [0, 0.05) is 5.92 Å². The van der Waals surface area contributed by atoms with Gasteiger partial charge in [0.15, 0.2) is 0 Å². The molecule has 0 saturated heterocycles. The van der Waals surface area contributed by atoms with Crippen molar-refractivity contribution in [2.24, 2.45) is 11.8 Å². The Labute approximate surface area is 93.9 Å². The summed E-state index contributed by atoms with van der Waals surface area (Å²) >= 11 is 0. The van der Waals surface area contributed by atoms with Gasteiger partial charge in [-0.15, -0.1) is 0 Å². The Kier molecular flexibility index (Phi) is 4.59. The third kappa shape index (κ3) is 3.20. The lowest BCUT2D eigenvalue weighted by Gasteiger charge is -2.26. The molecule has 0 aromatic carbocycles. The second-order valence-corrected chi connectivity index (χ2v) is 4.94. The van der Waals surface area contributed by atoms with Gasteiger partial charge in [0.25, 0.3) is 0 Å². The van der Waals surface area contributed by atoms with Gasteiger partial charge in [0.05, 0.1) is 6.10 Å². The summed E-state index contributed by atoms with van der Waals surface area (Å²) in [4.78, 5) is 0. The van der Waals surface area contributed by atoms with Crippen LogP contribution in [0.4, 0.5) is 0 Å². The average Bonchev–Trinajstić information content (AvgIpc) is 2.24. The van der Waals surface area contributed by atoms with E-state index in [1.54, 1.807) is 0 Å². The van der Waals surface area contributed by atoms with Gasteiger partial charge in [-0.1, -0.05) is 44.9 Å². The van der Waals surface area contributed by atoms with Crippen molar-refractivity contribution < 1.29 is 5.11 Å². The van der Waals surface area contributed by atoms with Gasteiger partial charge in [-0.25, -0.2) is 0 Å². The molecule has 0 fully saturated rings. The third-order valence-corrected chi connectivity index (χ3v) is 3.75. The Bertz CT molecular complexity index is 263. The van der Waals surface area contributed by atoms with Crippen molar-refractivity contribution in [2.45, 2.75) is 53.1 Å². The second kappa shape index (κ2) is 5.50. The van der Waals surface area contributed by atoms with Crippen molar-refractivity contribution in [1.82, 2.24) is 0 Å². The van der Waals surface area contributed by atoms with Crippen molar-refractivity contribution in [1.29, 1.82) is 0 Å². The molecule has 0 amide bonds. The van der Waals surface area contributed by atoms with E-state index < -0.39 is 0 Å². The lowest BCUT2D eigenvalue weighted by atomic mass is 9.83. The molecule has 0 radical (unpaired) electrons. The molecular weight excluding hydrogens is 184 g/mol. The van der Waals surface area contributed by atoms with Crippen LogP contribution in [0.2, 0.25) is 0 Å². The molecule has 86 valence electrons. The number of rotatable bonds is 4. The van der Waals surface area contributed by atoms with Gasteiger partial charge >= 0.3 is 0 Å². The standard InChI is InChI=1S/C14H24O/c1-5-10(2)6-8-13-9-7-11(3)12(4)14(13)15/h7,9-10,12,14-15H,5-6,8H2,1-4H3. The van der Waals surface area contributed by atoms with Gasteiger partial charge in [0.1, 0.15) is 0 Å². The maximum atomic E-state index is 10.1. The first kappa shape index (κ1) is 12.5. The highest BCUT2D eigenvalue weighted by Crippen LogP contribution is 2.28. The molecule has 0 saturated carbocycles. The summed E-state index contributed by atoms with van der Waals surface area (Å²) in [6.45, 7) is 8.70. The number of allylic oxidation sites excluding steroid dienone is 2. The predicted molar refractivity (Wildman–Crippen MR) is 65.7 cm³/mol. The summed E-state index contributed by atoms with van der Waals surface area (Å²) in [6, 6.07) is 0. The van der Waals surface area contributed by atoms with Crippen LogP contribution in [0.5, 0.6) is 0 Å². The molecule has 1 aliphatic carbocycles. The number of hydrogen-bond acceptors (Lipinski definition) is 1. The van der Waals surface area contributed by atoms with E-state index in [4.69, 9.17) is 0 Å². The highest BCUT2D eigenvalue weighted by molar-refractivity contribution is 5.28. The Hall–Kier alpha value is -0.560. The molecule has 15 heavy (non-hydrogen) atoms. The number of hydrogen-bond donors (Lipinski definition) is 1. The molecule has 1 heteroatoms. The largest absolute Gasteiger partial charge is 0.388 e. The van der Waals surface area contributed by atoms with Crippen molar-refractivity contribution in [2.75, 3.05) is 0 Å². The Morgan fingerprint density at radius 3 is 2.67 bits per heavy atom. The smallest absolute Gasteiger partial charge is 0.0815 e. The molecule has 0 aromatic heterocycles. The van der Waals surface area contributed by atoms with E-state index >= 15 is 0 Å². The summed E-state index contributed by atoms with van der Waals surface area (Å²) in [5.41, 5.74) is 2.50. The Balaban J connectivity index is 2.55. The van der Waals surface area contributed by atoms with Gasteiger partial charge in [0.2, 0.25) is 0 Å². The molecule has 0 bridgehead atoms. The van der Waals surface area contributed by atoms with E-state index in [-0.39, 0.29) is 6.10 Å². The van der Waals surface area contributed by atoms with E-state index in [2.05, 4.69) is 39.8 Å². The molecule has 1 nitrogen and oxygen atoms in total. The van der Waals surface area contributed by atoms with Crippen LogP contribution in [0, 0.1) is 11.8 Å². The van der Waals surface area contributed by atoms with Crippen molar-refractivity contribution in [3.8, 4) is 0 Å². The minimum absolute atomic E-state index is 0.251. The first-order valence-electron chi connectivity index (χ1n) is 6.11. The SMILES string of the molecule is CCC(C)CCC1=CC=C(C)C(C)C1O. The highest BCUT2D eigenvalue weighted by Gasteiger charge is 2.22. The molecule has 1 rings (SSSR count). The van der Waals surface area contributed by atoms with Crippen molar-refractivity contribution in [3.63, 3.8) is 0 Å². The normalized spacial score (nSPS) is 28.3. The fourth-order valence-corrected chi connectivity index (χ4v) is 1.91. The molecule has 0 heterocycles. The van der Waals surface area contributed by atoms with Crippen LogP contribution < -0.4 is 0 Å². The summed E-state index contributed by atoms with van der Waals surface area (Å²) in [5.74, 6) is 1.06. The molecule has 3 unspecified atom stereocenters. The van der Waals surface area contributed by atoms with Crippen molar-refractivity contribution >= 4 is 0 Å². The number of aliphatic hydroxyl groups is 1. The maximum absolute atomic E-state index is 10.1. The third-order valence-electron chi connectivity index (χ3n) is 3.75.